The summed E-state index contributed by atoms with van der Waals surface area (Å²) in [6.07, 6.45) is 2.46. The minimum Gasteiger partial charge on any atom is -0.508 e. The SMILES string of the molecule is O=S(=O)(O)c1cc(Nc2ccc(O)cc2)cc(Nc2ccc(O)cc2)c1Nc1ncncn1. The Morgan fingerprint density at radius 1 is 0.697 bits per heavy atom. The number of rotatable bonds is 7. The van der Waals surface area contributed by atoms with Gasteiger partial charge in [0.2, 0.25) is 5.95 Å². The highest BCUT2D eigenvalue weighted by molar-refractivity contribution is 7.86. The van der Waals surface area contributed by atoms with Gasteiger partial charge in [0, 0.05) is 17.1 Å². The van der Waals surface area contributed by atoms with Crippen LogP contribution in [0.1, 0.15) is 0 Å². The van der Waals surface area contributed by atoms with E-state index >= 15 is 0 Å². The van der Waals surface area contributed by atoms with Gasteiger partial charge in [-0.3, -0.25) is 4.55 Å². The highest BCUT2D eigenvalue weighted by Crippen LogP contribution is 2.38. The molecule has 1 aromatic heterocycles. The van der Waals surface area contributed by atoms with E-state index in [4.69, 9.17) is 0 Å². The highest BCUT2D eigenvalue weighted by atomic mass is 32.2. The van der Waals surface area contributed by atoms with Crippen molar-refractivity contribution >= 4 is 44.5 Å². The summed E-state index contributed by atoms with van der Waals surface area (Å²) < 4.78 is 34.5. The van der Waals surface area contributed by atoms with Crippen LogP contribution in [0, 0.1) is 0 Å². The maximum absolute atomic E-state index is 12.3. The fourth-order valence-corrected chi connectivity index (χ4v) is 3.64. The number of hydrogen-bond donors (Lipinski definition) is 6. The molecule has 0 radical (unpaired) electrons. The van der Waals surface area contributed by atoms with Gasteiger partial charge in [-0.2, -0.15) is 8.42 Å². The van der Waals surface area contributed by atoms with Crippen molar-refractivity contribution < 1.29 is 23.2 Å². The predicted octanol–water partition coefficient (Wildman–Crippen LogP) is 3.76. The molecule has 0 bridgehead atoms. The first-order chi connectivity index (χ1) is 15.8. The molecule has 6 N–H and O–H groups in total. The zero-order valence-electron chi connectivity index (χ0n) is 16.8. The first kappa shape index (κ1) is 21.8. The fraction of sp³-hybridized carbons (Fsp3) is 0. The van der Waals surface area contributed by atoms with E-state index in [-0.39, 0.29) is 28.8 Å². The third-order valence-electron chi connectivity index (χ3n) is 4.41. The molecule has 4 rings (SSSR count). The third kappa shape index (κ3) is 5.44. The molecule has 0 unspecified atom stereocenters. The van der Waals surface area contributed by atoms with Crippen LogP contribution in [0.4, 0.5) is 34.4 Å². The molecule has 3 aromatic carbocycles. The molecule has 0 saturated carbocycles. The molecule has 0 fully saturated rings. The Kier molecular flexibility index (Phi) is 5.93. The number of aromatic nitrogens is 3. The first-order valence-corrected chi connectivity index (χ1v) is 10.9. The molecule has 33 heavy (non-hydrogen) atoms. The number of nitrogens with one attached hydrogen (secondary N) is 3. The zero-order chi connectivity index (χ0) is 23.4. The first-order valence-electron chi connectivity index (χ1n) is 9.44. The van der Waals surface area contributed by atoms with Crippen LogP contribution in [-0.4, -0.2) is 38.1 Å². The van der Waals surface area contributed by atoms with Crippen LogP contribution in [0.5, 0.6) is 11.5 Å². The minimum absolute atomic E-state index is 0.00645. The van der Waals surface area contributed by atoms with Gasteiger partial charge in [-0.05, 0) is 60.7 Å². The summed E-state index contributed by atoms with van der Waals surface area (Å²) >= 11 is 0. The molecule has 0 aliphatic carbocycles. The van der Waals surface area contributed by atoms with Crippen molar-refractivity contribution in [3.05, 3.63) is 73.3 Å². The van der Waals surface area contributed by atoms with Crippen molar-refractivity contribution in [2.24, 2.45) is 0 Å². The Hall–Kier alpha value is -4.42. The molecular weight excluding hydrogens is 448 g/mol. The van der Waals surface area contributed by atoms with E-state index in [1.807, 2.05) is 0 Å². The molecular formula is C21H18N6O5S. The normalized spacial score (nSPS) is 11.1. The average molecular weight is 466 g/mol. The van der Waals surface area contributed by atoms with Crippen LogP contribution in [0.3, 0.4) is 0 Å². The van der Waals surface area contributed by atoms with Crippen LogP contribution < -0.4 is 16.0 Å². The van der Waals surface area contributed by atoms with E-state index in [1.165, 1.54) is 43.0 Å². The maximum Gasteiger partial charge on any atom is 0.296 e. The van der Waals surface area contributed by atoms with E-state index in [9.17, 15) is 23.2 Å². The zero-order valence-corrected chi connectivity index (χ0v) is 17.7. The number of benzene rings is 3. The van der Waals surface area contributed by atoms with Gasteiger partial charge in [0.15, 0.2) is 0 Å². The second-order valence-corrected chi connectivity index (χ2v) is 8.19. The van der Waals surface area contributed by atoms with Gasteiger partial charge in [-0.1, -0.05) is 0 Å². The Balaban J connectivity index is 1.84. The average Bonchev–Trinajstić information content (AvgIpc) is 2.78. The van der Waals surface area contributed by atoms with Crippen molar-refractivity contribution in [1.29, 1.82) is 0 Å². The van der Waals surface area contributed by atoms with E-state index in [0.29, 0.717) is 17.1 Å². The molecule has 11 nitrogen and oxygen atoms in total. The van der Waals surface area contributed by atoms with Gasteiger partial charge < -0.3 is 26.2 Å². The van der Waals surface area contributed by atoms with Crippen molar-refractivity contribution in [3.8, 4) is 11.5 Å². The van der Waals surface area contributed by atoms with Crippen LogP contribution in [0.15, 0.2) is 78.2 Å². The summed E-state index contributed by atoms with van der Waals surface area (Å²) in [5.41, 5.74) is 1.69. The topological polar surface area (TPSA) is 170 Å². The molecule has 0 saturated heterocycles. The second kappa shape index (κ2) is 8.98. The van der Waals surface area contributed by atoms with Gasteiger partial charge in [0.25, 0.3) is 10.1 Å². The van der Waals surface area contributed by atoms with Crippen LogP contribution >= 0.6 is 0 Å². The largest absolute Gasteiger partial charge is 0.508 e. The molecule has 4 aromatic rings. The molecule has 0 aliphatic rings. The van der Waals surface area contributed by atoms with E-state index < -0.39 is 15.0 Å². The molecule has 168 valence electrons. The van der Waals surface area contributed by atoms with Gasteiger partial charge in [0.1, 0.15) is 29.0 Å². The molecule has 0 amide bonds. The lowest BCUT2D eigenvalue weighted by Crippen LogP contribution is -2.09. The Morgan fingerprint density at radius 3 is 1.79 bits per heavy atom. The number of phenols is 2. The van der Waals surface area contributed by atoms with Crippen LogP contribution in [-0.2, 0) is 10.1 Å². The van der Waals surface area contributed by atoms with Crippen molar-refractivity contribution in [3.63, 3.8) is 0 Å². The lowest BCUT2D eigenvalue weighted by molar-refractivity contribution is 0.475. The van der Waals surface area contributed by atoms with E-state index in [0.717, 1.165) is 0 Å². The van der Waals surface area contributed by atoms with Gasteiger partial charge in [0.05, 0.1) is 11.4 Å². The summed E-state index contributed by atoms with van der Waals surface area (Å²) in [6, 6.07) is 15.1. The Morgan fingerprint density at radius 2 is 1.24 bits per heavy atom. The fourth-order valence-electron chi connectivity index (χ4n) is 2.95. The van der Waals surface area contributed by atoms with E-state index in [2.05, 4.69) is 30.9 Å². The summed E-state index contributed by atoms with van der Waals surface area (Å²) in [6.45, 7) is 0. The quantitative estimate of drug-likeness (QED) is 0.173. The maximum atomic E-state index is 12.3. The van der Waals surface area contributed by atoms with Gasteiger partial charge in [-0.15, -0.1) is 0 Å². The van der Waals surface area contributed by atoms with Crippen LogP contribution in [0.2, 0.25) is 0 Å². The monoisotopic (exact) mass is 466 g/mol. The van der Waals surface area contributed by atoms with Crippen molar-refractivity contribution in [2.45, 2.75) is 4.90 Å². The lowest BCUT2D eigenvalue weighted by Gasteiger charge is -2.18. The standard InChI is InChI=1S/C21H18N6O5S/c28-16-5-1-13(2-6-16)25-15-9-18(26-14-3-7-17(29)8-4-14)20(19(10-15)33(30,31)32)27-21-23-11-22-12-24-21/h1-12,25-26,28-29H,(H,30,31,32)(H,22,23,24,27). The number of phenolic OH excluding ortho intramolecular Hbond substituents is 2. The molecule has 0 atom stereocenters. The number of aromatic hydroxyl groups is 2. The Labute approximate surface area is 188 Å². The lowest BCUT2D eigenvalue weighted by atomic mass is 10.2. The predicted molar refractivity (Wildman–Crippen MR) is 122 cm³/mol. The smallest absolute Gasteiger partial charge is 0.296 e. The number of anilines is 6. The van der Waals surface area contributed by atoms with E-state index in [1.54, 1.807) is 30.3 Å². The van der Waals surface area contributed by atoms with Crippen molar-refractivity contribution in [1.82, 2.24) is 15.0 Å². The summed E-state index contributed by atoms with van der Waals surface area (Å²) in [7, 11) is -4.69. The Bertz CT molecular complexity index is 1370. The summed E-state index contributed by atoms with van der Waals surface area (Å²) in [4.78, 5) is 11.2. The number of nitrogens with zero attached hydrogens (tertiary/aromatic N) is 3. The second-order valence-electron chi connectivity index (χ2n) is 6.80. The molecule has 1 heterocycles. The highest BCUT2D eigenvalue weighted by Gasteiger charge is 2.22. The van der Waals surface area contributed by atoms with Gasteiger partial charge in [-0.25, -0.2) is 15.0 Å². The molecule has 0 spiro atoms. The van der Waals surface area contributed by atoms with Crippen molar-refractivity contribution in [2.75, 3.05) is 16.0 Å². The summed E-state index contributed by atoms with van der Waals surface area (Å²) in [5.74, 6) is 0.194. The van der Waals surface area contributed by atoms with Crippen LogP contribution in [0.25, 0.3) is 0 Å². The van der Waals surface area contributed by atoms with Gasteiger partial charge >= 0.3 is 0 Å². The molecule has 12 heteroatoms. The summed E-state index contributed by atoms with van der Waals surface area (Å²) in [5, 5.41) is 27.9. The number of hydrogen-bond acceptors (Lipinski definition) is 10. The molecule has 0 aliphatic heterocycles. The minimum atomic E-state index is -4.69. The third-order valence-corrected chi connectivity index (χ3v) is 5.29.